The van der Waals surface area contributed by atoms with E-state index in [1.807, 2.05) is 0 Å². The third kappa shape index (κ3) is 3.27. The van der Waals surface area contributed by atoms with Crippen molar-refractivity contribution in [3.05, 3.63) is 57.6 Å². The Hall–Kier alpha value is -2.10. The van der Waals surface area contributed by atoms with Gasteiger partial charge in [-0.25, -0.2) is 18.8 Å². The molecular formula is C17H12Cl2F2N4O2S. The Balaban J connectivity index is 1.68. The summed E-state index contributed by atoms with van der Waals surface area (Å²) in [6.07, 6.45) is 1.28. The first-order valence-corrected chi connectivity index (χ1v) is 9.70. The van der Waals surface area contributed by atoms with Gasteiger partial charge in [0.2, 0.25) is 0 Å². The molecule has 2 aliphatic heterocycles. The molecule has 0 unspecified atom stereocenters. The molecule has 3 atom stereocenters. The van der Waals surface area contributed by atoms with E-state index in [4.69, 9.17) is 33.7 Å². The summed E-state index contributed by atoms with van der Waals surface area (Å²) in [7, 11) is 0. The highest BCUT2D eigenvalue weighted by molar-refractivity contribution is 8.07. The molecule has 0 aliphatic carbocycles. The Morgan fingerprint density at radius 2 is 2.18 bits per heavy atom. The van der Waals surface area contributed by atoms with Gasteiger partial charge in [-0.2, -0.15) is 0 Å². The minimum Gasteiger partial charge on any atom is -0.450 e. The van der Waals surface area contributed by atoms with Gasteiger partial charge < -0.3 is 15.8 Å². The van der Waals surface area contributed by atoms with Gasteiger partial charge in [-0.15, -0.1) is 11.8 Å². The number of nitrogens with zero attached hydrogens (tertiary/aromatic N) is 2. The molecule has 1 saturated heterocycles. The van der Waals surface area contributed by atoms with E-state index in [0.717, 1.165) is 6.07 Å². The van der Waals surface area contributed by atoms with E-state index in [2.05, 4.69) is 15.3 Å². The molecule has 1 fully saturated rings. The van der Waals surface area contributed by atoms with Gasteiger partial charge in [-0.1, -0.05) is 23.2 Å². The van der Waals surface area contributed by atoms with Crippen LogP contribution < -0.4 is 11.1 Å². The van der Waals surface area contributed by atoms with Crippen molar-refractivity contribution in [1.82, 2.24) is 4.98 Å². The van der Waals surface area contributed by atoms with Crippen molar-refractivity contribution in [3.8, 4) is 0 Å². The van der Waals surface area contributed by atoms with E-state index in [-0.39, 0.29) is 38.4 Å². The molecule has 1 aromatic heterocycles. The first kappa shape index (κ1) is 19.2. The van der Waals surface area contributed by atoms with E-state index in [1.54, 1.807) is 0 Å². The Labute approximate surface area is 172 Å². The number of aliphatic imine (C=N–C) groups is 1. The number of fused-ring (bicyclic) bond motifs is 1. The number of carbonyl (C=O) groups excluding carboxylic acids is 1. The highest BCUT2D eigenvalue weighted by Gasteiger charge is 2.61. The number of aromatic nitrogens is 1. The SMILES string of the molecule is NC1=N[C@](CF)(c2cc(NC(=O)c3ncc(Cl)cc3Cl)ccc2F)[C@H]2S[C@H]2O1. The number of pyridine rings is 1. The van der Waals surface area contributed by atoms with Crippen molar-refractivity contribution in [3.63, 3.8) is 0 Å². The molecular weight excluding hydrogens is 433 g/mol. The van der Waals surface area contributed by atoms with E-state index in [0.29, 0.717) is 0 Å². The van der Waals surface area contributed by atoms with Gasteiger partial charge in [0.05, 0.1) is 15.3 Å². The summed E-state index contributed by atoms with van der Waals surface area (Å²) in [5.74, 6) is -1.29. The maximum Gasteiger partial charge on any atom is 0.284 e. The zero-order chi connectivity index (χ0) is 20.1. The summed E-state index contributed by atoms with van der Waals surface area (Å²) in [4.78, 5) is 20.4. The number of hydrogen-bond acceptors (Lipinski definition) is 6. The first-order valence-electron chi connectivity index (χ1n) is 8.00. The maximum atomic E-state index is 14.6. The fraction of sp³-hybridized carbons (Fsp3) is 0.235. The van der Waals surface area contributed by atoms with E-state index < -0.39 is 29.2 Å². The fourth-order valence-electron chi connectivity index (χ4n) is 3.03. The van der Waals surface area contributed by atoms with Crippen LogP contribution in [0.5, 0.6) is 0 Å². The van der Waals surface area contributed by atoms with Gasteiger partial charge in [-0.05, 0) is 24.3 Å². The number of nitrogens with two attached hydrogens (primary N) is 1. The summed E-state index contributed by atoms with van der Waals surface area (Å²) in [6.45, 7) is -0.968. The molecule has 3 heterocycles. The number of nitrogens with one attached hydrogen (secondary N) is 1. The van der Waals surface area contributed by atoms with Crippen LogP contribution in [0.15, 0.2) is 35.5 Å². The summed E-state index contributed by atoms with van der Waals surface area (Å²) < 4.78 is 33.9. The second-order valence-electron chi connectivity index (χ2n) is 6.18. The van der Waals surface area contributed by atoms with Gasteiger partial charge in [0.1, 0.15) is 23.7 Å². The average Bonchev–Trinajstić information content (AvgIpc) is 3.42. The summed E-state index contributed by atoms with van der Waals surface area (Å²) in [6, 6.07) is 4.98. The first-order chi connectivity index (χ1) is 13.3. The van der Waals surface area contributed by atoms with Gasteiger partial charge in [0.15, 0.2) is 5.44 Å². The van der Waals surface area contributed by atoms with Crippen LogP contribution in [0, 0.1) is 5.82 Å². The van der Waals surface area contributed by atoms with Crippen molar-refractivity contribution in [2.24, 2.45) is 10.7 Å². The minimum atomic E-state index is -1.52. The number of hydrogen-bond donors (Lipinski definition) is 2. The summed E-state index contributed by atoms with van der Waals surface area (Å²) >= 11 is 13.1. The number of carbonyl (C=O) groups is 1. The molecule has 146 valence electrons. The number of halogens is 4. The predicted octanol–water partition coefficient (Wildman–Crippen LogP) is 3.73. The van der Waals surface area contributed by atoms with Crippen LogP contribution in [-0.4, -0.2) is 34.3 Å². The van der Waals surface area contributed by atoms with Crippen LogP contribution in [0.4, 0.5) is 14.5 Å². The molecule has 0 spiro atoms. The highest BCUT2D eigenvalue weighted by Crippen LogP contribution is 2.57. The minimum absolute atomic E-state index is 0.0192. The Kier molecular flexibility index (Phi) is 4.84. The molecule has 1 amide bonds. The molecule has 4 rings (SSSR count). The molecule has 3 N–H and O–H groups in total. The van der Waals surface area contributed by atoms with Crippen LogP contribution in [0.1, 0.15) is 16.1 Å². The maximum absolute atomic E-state index is 14.6. The van der Waals surface area contributed by atoms with Crippen molar-refractivity contribution in [1.29, 1.82) is 0 Å². The number of amidine groups is 1. The quantitative estimate of drug-likeness (QED) is 0.701. The van der Waals surface area contributed by atoms with E-state index >= 15 is 0 Å². The molecule has 2 aromatic rings. The van der Waals surface area contributed by atoms with Crippen molar-refractivity contribution in [2.75, 3.05) is 12.0 Å². The molecule has 28 heavy (non-hydrogen) atoms. The van der Waals surface area contributed by atoms with Crippen LogP contribution in [0.3, 0.4) is 0 Å². The number of amides is 1. The standard InChI is InChI=1S/C17H12Cl2F2N4O2S/c18-7-3-10(19)12(23-5-7)14(26)24-8-1-2-11(21)9(4-8)17(6-20)13-15(28-13)27-16(22)25-17/h1-5,13,15H,6H2,(H2,22,25)(H,24,26)/t13-,15+,17+/m0/s1. The van der Waals surface area contributed by atoms with Crippen LogP contribution in [-0.2, 0) is 10.3 Å². The topological polar surface area (TPSA) is 89.6 Å². The number of benzene rings is 1. The normalized spacial score (nSPS) is 25.4. The molecule has 1 aromatic carbocycles. The fourth-order valence-corrected chi connectivity index (χ4v) is 4.60. The highest BCUT2D eigenvalue weighted by atomic mass is 35.5. The Morgan fingerprint density at radius 3 is 2.89 bits per heavy atom. The number of alkyl halides is 1. The lowest BCUT2D eigenvalue weighted by Gasteiger charge is -2.30. The third-order valence-corrected chi connectivity index (χ3v) is 6.13. The van der Waals surface area contributed by atoms with Crippen molar-refractivity contribution < 1.29 is 18.3 Å². The number of anilines is 1. The van der Waals surface area contributed by atoms with Gasteiger partial charge in [0.25, 0.3) is 11.9 Å². The molecule has 2 aliphatic rings. The monoisotopic (exact) mass is 444 g/mol. The lowest BCUT2D eigenvalue weighted by molar-refractivity contribution is 0.102. The lowest BCUT2D eigenvalue weighted by atomic mass is 9.87. The molecule has 11 heteroatoms. The van der Waals surface area contributed by atoms with Crippen LogP contribution >= 0.6 is 35.0 Å². The largest absolute Gasteiger partial charge is 0.450 e. The van der Waals surface area contributed by atoms with Crippen molar-refractivity contribution in [2.45, 2.75) is 16.2 Å². The average molecular weight is 445 g/mol. The lowest BCUT2D eigenvalue weighted by Crippen LogP contribution is -2.42. The van der Waals surface area contributed by atoms with Gasteiger partial charge in [0, 0.05) is 17.4 Å². The van der Waals surface area contributed by atoms with Crippen LogP contribution in [0.25, 0.3) is 0 Å². The van der Waals surface area contributed by atoms with Crippen molar-refractivity contribution >= 4 is 52.6 Å². The second kappa shape index (κ2) is 7.06. The smallest absolute Gasteiger partial charge is 0.284 e. The summed E-state index contributed by atoms with van der Waals surface area (Å²) in [5, 5.41) is 2.51. The molecule has 0 bridgehead atoms. The Morgan fingerprint density at radius 1 is 1.39 bits per heavy atom. The summed E-state index contributed by atoms with van der Waals surface area (Å²) in [5.41, 5.74) is 3.90. The molecule has 6 nitrogen and oxygen atoms in total. The Bertz CT molecular complexity index is 1010. The van der Waals surface area contributed by atoms with Crippen LogP contribution in [0.2, 0.25) is 10.0 Å². The number of rotatable bonds is 4. The zero-order valence-corrected chi connectivity index (χ0v) is 16.3. The number of thioether (sulfide) groups is 1. The van der Waals surface area contributed by atoms with E-state index in [9.17, 15) is 13.6 Å². The van der Waals surface area contributed by atoms with E-state index in [1.165, 1.54) is 36.2 Å². The predicted molar refractivity (Wildman–Crippen MR) is 104 cm³/mol. The van der Waals surface area contributed by atoms with Gasteiger partial charge >= 0.3 is 0 Å². The molecule has 0 saturated carbocycles. The number of ether oxygens (including phenoxy) is 1. The second-order valence-corrected chi connectivity index (χ2v) is 8.27. The zero-order valence-electron chi connectivity index (χ0n) is 14.0. The third-order valence-electron chi connectivity index (χ3n) is 4.39. The van der Waals surface area contributed by atoms with Gasteiger partial charge in [-0.3, -0.25) is 4.79 Å². The molecule has 0 radical (unpaired) electrons.